The highest BCUT2D eigenvalue weighted by Crippen LogP contribution is 2.30. The number of hydrogen-bond donors (Lipinski definition) is 1. The van der Waals surface area contributed by atoms with Crippen LogP contribution < -0.4 is 5.32 Å². The Bertz CT molecular complexity index is 643. The first-order valence-electron chi connectivity index (χ1n) is 7.55. The maximum Gasteiger partial charge on any atom is 0.416 e. The molecule has 1 saturated heterocycles. The van der Waals surface area contributed by atoms with E-state index in [9.17, 15) is 13.2 Å². The summed E-state index contributed by atoms with van der Waals surface area (Å²) in [5.41, 5.74) is 1.16. The number of nitrogens with one attached hydrogen (secondary N) is 1. The monoisotopic (exact) mass is 321 g/mol. The molecule has 0 bridgehead atoms. The van der Waals surface area contributed by atoms with E-state index in [4.69, 9.17) is 0 Å². The molecule has 0 radical (unpaired) electrons. The highest BCUT2D eigenvalue weighted by Gasteiger charge is 2.31. The van der Waals surface area contributed by atoms with Gasteiger partial charge in [0.25, 0.3) is 0 Å². The topological polar surface area (TPSA) is 28.2 Å². The summed E-state index contributed by atoms with van der Waals surface area (Å²) in [4.78, 5) is 6.34. The molecular weight excluding hydrogens is 303 g/mol. The summed E-state index contributed by atoms with van der Waals surface area (Å²) in [5, 5.41) is 3.34. The Morgan fingerprint density at radius 3 is 2.83 bits per heavy atom. The fourth-order valence-corrected chi connectivity index (χ4v) is 2.92. The maximum atomic E-state index is 12.9. The molecule has 1 fully saturated rings. The lowest BCUT2D eigenvalue weighted by atomic mass is 10.0. The molecule has 2 heterocycles. The van der Waals surface area contributed by atoms with Crippen LogP contribution in [0.25, 0.3) is 0 Å². The van der Waals surface area contributed by atoms with Crippen molar-refractivity contribution in [3.63, 3.8) is 0 Å². The van der Waals surface area contributed by atoms with Gasteiger partial charge in [0.05, 0.1) is 5.56 Å². The lowest BCUT2D eigenvalue weighted by molar-refractivity contribution is -0.137. The van der Waals surface area contributed by atoms with Crippen molar-refractivity contribution in [2.75, 3.05) is 19.6 Å². The molecule has 1 aromatic heterocycles. The van der Waals surface area contributed by atoms with E-state index in [-0.39, 0.29) is 6.04 Å². The molecule has 1 aliphatic heterocycles. The van der Waals surface area contributed by atoms with Crippen molar-refractivity contribution in [1.29, 1.82) is 0 Å². The number of benzene rings is 1. The molecular formula is C17H18F3N3. The van der Waals surface area contributed by atoms with E-state index in [0.29, 0.717) is 12.1 Å². The molecule has 23 heavy (non-hydrogen) atoms. The number of hydrogen-bond acceptors (Lipinski definition) is 3. The van der Waals surface area contributed by atoms with E-state index in [1.54, 1.807) is 12.3 Å². The lowest BCUT2D eigenvalue weighted by Gasteiger charge is -2.36. The molecule has 3 rings (SSSR count). The summed E-state index contributed by atoms with van der Waals surface area (Å²) in [6.45, 7) is 2.88. The zero-order valence-corrected chi connectivity index (χ0v) is 12.6. The standard InChI is InChI=1S/C17H18F3N3/c18-17(19,20)15-5-1-3-13(9-15)12-23-8-7-22-11-16(23)14-4-2-6-21-10-14/h1-6,9-10,16,22H,7-8,11-12H2. The SMILES string of the molecule is FC(F)(F)c1cccc(CN2CCNCC2c2cccnc2)c1. The van der Waals surface area contributed by atoms with Gasteiger partial charge in [-0.15, -0.1) is 0 Å². The predicted molar refractivity (Wildman–Crippen MR) is 81.7 cm³/mol. The number of piperazine rings is 1. The number of aromatic nitrogens is 1. The summed E-state index contributed by atoms with van der Waals surface area (Å²) in [6, 6.07) is 9.57. The summed E-state index contributed by atoms with van der Waals surface area (Å²) >= 11 is 0. The Morgan fingerprint density at radius 2 is 2.09 bits per heavy atom. The van der Waals surface area contributed by atoms with Crippen LogP contribution in [0.3, 0.4) is 0 Å². The van der Waals surface area contributed by atoms with E-state index in [1.807, 2.05) is 18.3 Å². The third-order valence-corrected chi connectivity index (χ3v) is 4.06. The van der Waals surface area contributed by atoms with Crippen LogP contribution in [0, 0.1) is 0 Å². The van der Waals surface area contributed by atoms with E-state index < -0.39 is 11.7 Å². The van der Waals surface area contributed by atoms with Crippen molar-refractivity contribution in [3.8, 4) is 0 Å². The van der Waals surface area contributed by atoms with E-state index in [0.717, 1.165) is 31.3 Å². The fraction of sp³-hybridized carbons (Fsp3) is 0.353. The third kappa shape index (κ3) is 3.89. The number of nitrogens with zero attached hydrogens (tertiary/aromatic N) is 2. The molecule has 3 nitrogen and oxygen atoms in total. The number of halogens is 3. The smallest absolute Gasteiger partial charge is 0.314 e. The molecule has 1 unspecified atom stereocenters. The van der Waals surface area contributed by atoms with Crippen LogP contribution in [0.15, 0.2) is 48.8 Å². The Hall–Kier alpha value is -1.92. The Kier molecular flexibility index (Phi) is 4.63. The third-order valence-electron chi connectivity index (χ3n) is 4.06. The summed E-state index contributed by atoms with van der Waals surface area (Å²) in [5.74, 6) is 0. The van der Waals surface area contributed by atoms with Crippen LogP contribution in [0.2, 0.25) is 0 Å². The van der Waals surface area contributed by atoms with Gasteiger partial charge in [0.1, 0.15) is 0 Å². The molecule has 0 amide bonds. The minimum absolute atomic E-state index is 0.118. The van der Waals surface area contributed by atoms with Crippen molar-refractivity contribution < 1.29 is 13.2 Å². The second kappa shape index (κ2) is 6.68. The Balaban J connectivity index is 1.80. The van der Waals surface area contributed by atoms with Crippen LogP contribution in [0.1, 0.15) is 22.7 Å². The molecule has 0 spiro atoms. The second-order valence-corrected chi connectivity index (χ2v) is 5.67. The van der Waals surface area contributed by atoms with Gasteiger partial charge in [0, 0.05) is 44.6 Å². The largest absolute Gasteiger partial charge is 0.416 e. The van der Waals surface area contributed by atoms with E-state index in [2.05, 4.69) is 15.2 Å². The van der Waals surface area contributed by atoms with Crippen LogP contribution in [0.5, 0.6) is 0 Å². The van der Waals surface area contributed by atoms with Gasteiger partial charge in [-0.05, 0) is 23.3 Å². The summed E-state index contributed by atoms with van der Waals surface area (Å²) in [7, 11) is 0. The first-order valence-corrected chi connectivity index (χ1v) is 7.55. The Morgan fingerprint density at radius 1 is 1.22 bits per heavy atom. The van der Waals surface area contributed by atoms with Gasteiger partial charge >= 0.3 is 6.18 Å². The molecule has 6 heteroatoms. The number of rotatable bonds is 3. The van der Waals surface area contributed by atoms with Crippen LogP contribution in [0.4, 0.5) is 13.2 Å². The normalized spacial score (nSPS) is 19.7. The molecule has 0 saturated carbocycles. The first kappa shape index (κ1) is 16.0. The van der Waals surface area contributed by atoms with Gasteiger partial charge in [0.15, 0.2) is 0 Å². The molecule has 1 aliphatic rings. The fourth-order valence-electron chi connectivity index (χ4n) is 2.92. The van der Waals surface area contributed by atoms with Crippen molar-refractivity contribution >= 4 is 0 Å². The van der Waals surface area contributed by atoms with Crippen molar-refractivity contribution in [1.82, 2.24) is 15.2 Å². The first-order chi connectivity index (χ1) is 11.0. The van der Waals surface area contributed by atoms with Gasteiger partial charge in [-0.25, -0.2) is 0 Å². The van der Waals surface area contributed by atoms with Crippen LogP contribution in [-0.4, -0.2) is 29.5 Å². The van der Waals surface area contributed by atoms with E-state index in [1.165, 1.54) is 12.1 Å². The minimum atomic E-state index is -4.30. The summed E-state index contributed by atoms with van der Waals surface area (Å²) < 4.78 is 38.6. The van der Waals surface area contributed by atoms with Crippen LogP contribution >= 0.6 is 0 Å². The minimum Gasteiger partial charge on any atom is -0.314 e. The van der Waals surface area contributed by atoms with Gasteiger partial charge in [-0.2, -0.15) is 13.2 Å². The van der Waals surface area contributed by atoms with Gasteiger partial charge < -0.3 is 5.32 Å². The molecule has 2 aromatic rings. The lowest BCUT2D eigenvalue weighted by Crippen LogP contribution is -2.45. The van der Waals surface area contributed by atoms with Crippen molar-refractivity contribution in [2.45, 2.75) is 18.8 Å². The maximum absolute atomic E-state index is 12.9. The quantitative estimate of drug-likeness (QED) is 0.941. The zero-order chi connectivity index (χ0) is 16.3. The van der Waals surface area contributed by atoms with Gasteiger partial charge in [-0.1, -0.05) is 24.3 Å². The molecule has 122 valence electrons. The number of alkyl halides is 3. The van der Waals surface area contributed by atoms with Gasteiger partial charge in [0.2, 0.25) is 0 Å². The van der Waals surface area contributed by atoms with Crippen LogP contribution in [-0.2, 0) is 12.7 Å². The highest BCUT2D eigenvalue weighted by molar-refractivity contribution is 5.26. The number of pyridine rings is 1. The molecule has 1 aromatic carbocycles. The zero-order valence-electron chi connectivity index (χ0n) is 12.6. The average Bonchev–Trinajstić information content (AvgIpc) is 2.56. The van der Waals surface area contributed by atoms with Crippen molar-refractivity contribution in [3.05, 3.63) is 65.5 Å². The molecule has 1 atom stereocenters. The Labute approximate surface area is 133 Å². The van der Waals surface area contributed by atoms with Gasteiger partial charge in [-0.3, -0.25) is 9.88 Å². The highest BCUT2D eigenvalue weighted by atomic mass is 19.4. The van der Waals surface area contributed by atoms with E-state index >= 15 is 0 Å². The molecule has 1 N–H and O–H groups in total. The average molecular weight is 321 g/mol. The van der Waals surface area contributed by atoms with Crippen molar-refractivity contribution in [2.24, 2.45) is 0 Å². The summed E-state index contributed by atoms with van der Waals surface area (Å²) in [6.07, 6.45) is -0.768. The predicted octanol–water partition coefficient (Wildman–Crippen LogP) is 3.25. The second-order valence-electron chi connectivity index (χ2n) is 5.67. The molecule has 0 aliphatic carbocycles.